The van der Waals surface area contributed by atoms with Crippen LogP contribution in [-0.2, 0) is 6.42 Å². The quantitative estimate of drug-likeness (QED) is 0.819. The van der Waals surface area contributed by atoms with Gasteiger partial charge in [-0.3, -0.25) is 10.1 Å². The maximum absolute atomic E-state index is 4.35. The zero-order chi connectivity index (χ0) is 10.5. The largest absolute Gasteiger partial charge is 0.263 e. The number of H-pyrrole nitrogens is 1. The van der Waals surface area contributed by atoms with E-state index in [4.69, 9.17) is 0 Å². The Kier molecular flexibility index (Phi) is 3.02. The maximum atomic E-state index is 4.35. The molecule has 0 radical (unpaired) electrons. The number of hydrogen-bond donors (Lipinski definition) is 1. The van der Waals surface area contributed by atoms with Gasteiger partial charge in [-0.2, -0.15) is 5.10 Å². The molecule has 0 unspecified atom stereocenters. The molecule has 0 atom stereocenters. The summed E-state index contributed by atoms with van der Waals surface area (Å²) in [6.07, 6.45) is 8.14. The van der Waals surface area contributed by atoms with E-state index in [1.807, 2.05) is 0 Å². The number of hydrogen-bond acceptors (Lipinski definition) is 4. The Bertz CT molecular complexity index is 409. The fraction of sp³-hybridized carbons (Fsp3) is 0.400. The molecular weight excluding hydrogens is 190 g/mol. The Hall–Kier alpha value is -1.78. The monoisotopic (exact) mass is 203 g/mol. The summed E-state index contributed by atoms with van der Waals surface area (Å²) in [5.41, 5.74) is 0.705. The third-order valence-electron chi connectivity index (χ3n) is 2.09. The summed E-state index contributed by atoms with van der Waals surface area (Å²) < 4.78 is 0. The molecule has 0 aliphatic rings. The highest BCUT2D eigenvalue weighted by atomic mass is 15.2. The van der Waals surface area contributed by atoms with Gasteiger partial charge >= 0.3 is 0 Å². The highest BCUT2D eigenvalue weighted by Gasteiger charge is 2.05. The first-order valence-electron chi connectivity index (χ1n) is 5.08. The minimum Gasteiger partial charge on any atom is -0.263 e. The van der Waals surface area contributed by atoms with Crippen molar-refractivity contribution in [2.24, 2.45) is 0 Å². The van der Waals surface area contributed by atoms with Crippen molar-refractivity contribution in [2.45, 2.75) is 26.2 Å². The van der Waals surface area contributed by atoms with Crippen LogP contribution in [0.3, 0.4) is 0 Å². The molecule has 0 spiro atoms. The van der Waals surface area contributed by atoms with Gasteiger partial charge in [0.25, 0.3) is 0 Å². The molecule has 2 heterocycles. The second-order valence-electron chi connectivity index (χ2n) is 3.30. The summed E-state index contributed by atoms with van der Waals surface area (Å²) in [5, 5.41) is 7.01. The Labute approximate surface area is 88.0 Å². The van der Waals surface area contributed by atoms with E-state index in [2.05, 4.69) is 32.1 Å². The number of rotatable bonds is 4. The Balaban J connectivity index is 2.14. The zero-order valence-corrected chi connectivity index (χ0v) is 8.64. The lowest BCUT2D eigenvalue weighted by Gasteiger charge is -1.91. The molecule has 0 aliphatic heterocycles. The van der Waals surface area contributed by atoms with Gasteiger partial charge in [0.2, 0.25) is 5.82 Å². The van der Waals surface area contributed by atoms with Gasteiger partial charge in [-0.25, -0.2) is 9.97 Å². The number of aromatic nitrogens is 5. The number of unbranched alkanes of at least 4 members (excludes halogenated alkanes) is 1. The lowest BCUT2D eigenvalue weighted by Crippen LogP contribution is -1.88. The van der Waals surface area contributed by atoms with E-state index in [0.29, 0.717) is 11.5 Å². The van der Waals surface area contributed by atoms with Crippen LogP contribution in [0.15, 0.2) is 18.6 Å². The van der Waals surface area contributed by atoms with E-state index >= 15 is 0 Å². The topological polar surface area (TPSA) is 67.3 Å². The van der Waals surface area contributed by atoms with Crippen LogP contribution in [0.5, 0.6) is 0 Å². The predicted molar refractivity (Wildman–Crippen MR) is 56.0 cm³/mol. The summed E-state index contributed by atoms with van der Waals surface area (Å²) in [6.45, 7) is 2.15. The molecule has 0 fully saturated rings. The second-order valence-corrected chi connectivity index (χ2v) is 3.30. The van der Waals surface area contributed by atoms with E-state index < -0.39 is 0 Å². The molecule has 0 aliphatic carbocycles. The van der Waals surface area contributed by atoms with E-state index in [1.54, 1.807) is 18.6 Å². The van der Waals surface area contributed by atoms with Crippen molar-refractivity contribution in [3.8, 4) is 11.5 Å². The maximum Gasteiger partial charge on any atom is 0.201 e. The highest BCUT2D eigenvalue weighted by molar-refractivity contribution is 5.45. The predicted octanol–water partition coefficient (Wildman–Crippen LogP) is 1.60. The van der Waals surface area contributed by atoms with Gasteiger partial charge in [-0.15, -0.1) is 0 Å². The number of aromatic amines is 1. The molecule has 5 nitrogen and oxygen atoms in total. The lowest BCUT2D eigenvalue weighted by atomic mass is 10.2. The third-order valence-corrected chi connectivity index (χ3v) is 2.09. The van der Waals surface area contributed by atoms with Crippen LogP contribution in [0.2, 0.25) is 0 Å². The summed E-state index contributed by atoms with van der Waals surface area (Å²) >= 11 is 0. The van der Waals surface area contributed by atoms with Gasteiger partial charge < -0.3 is 0 Å². The van der Waals surface area contributed by atoms with E-state index in [-0.39, 0.29) is 0 Å². The van der Waals surface area contributed by atoms with Gasteiger partial charge in [0.05, 0.1) is 6.20 Å². The Morgan fingerprint density at radius 3 is 3.00 bits per heavy atom. The Morgan fingerprint density at radius 1 is 1.33 bits per heavy atom. The van der Waals surface area contributed by atoms with Crippen molar-refractivity contribution in [3.05, 3.63) is 24.4 Å². The highest BCUT2D eigenvalue weighted by Crippen LogP contribution is 2.09. The first kappa shape index (κ1) is 9.76. The zero-order valence-electron chi connectivity index (χ0n) is 8.64. The molecule has 0 amide bonds. The average molecular weight is 203 g/mol. The number of aryl methyl sites for hydroxylation is 1. The molecule has 2 aromatic heterocycles. The van der Waals surface area contributed by atoms with Crippen LogP contribution < -0.4 is 0 Å². The van der Waals surface area contributed by atoms with Crippen LogP contribution in [0.4, 0.5) is 0 Å². The van der Waals surface area contributed by atoms with Crippen LogP contribution in [0.25, 0.3) is 11.5 Å². The standard InChI is InChI=1S/C10H13N5/c1-2-3-4-9-13-10(15-14-9)8-7-11-5-6-12-8/h5-7H,2-4H2,1H3,(H,13,14,15). The molecule has 0 aromatic carbocycles. The van der Waals surface area contributed by atoms with Crippen molar-refractivity contribution in [1.82, 2.24) is 25.1 Å². The number of nitrogens with zero attached hydrogens (tertiary/aromatic N) is 4. The summed E-state index contributed by atoms with van der Waals surface area (Å²) in [7, 11) is 0. The molecule has 15 heavy (non-hydrogen) atoms. The van der Waals surface area contributed by atoms with Crippen molar-refractivity contribution >= 4 is 0 Å². The summed E-state index contributed by atoms with van der Waals surface area (Å²) in [5.74, 6) is 1.53. The van der Waals surface area contributed by atoms with Crippen LogP contribution in [0.1, 0.15) is 25.6 Å². The lowest BCUT2D eigenvalue weighted by molar-refractivity contribution is 0.756. The van der Waals surface area contributed by atoms with Crippen LogP contribution in [0, 0.1) is 0 Å². The normalized spacial score (nSPS) is 10.5. The van der Waals surface area contributed by atoms with Crippen molar-refractivity contribution in [3.63, 3.8) is 0 Å². The van der Waals surface area contributed by atoms with Gasteiger partial charge in [-0.1, -0.05) is 13.3 Å². The SMILES string of the molecule is CCCCc1nc(-c2cnccn2)n[nH]1. The molecule has 1 N–H and O–H groups in total. The van der Waals surface area contributed by atoms with Gasteiger partial charge in [0, 0.05) is 18.8 Å². The first-order valence-corrected chi connectivity index (χ1v) is 5.08. The van der Waals surface area contributed by atoms with Crippen LogP contribution >= 0.6 is 0 Å². The Morgan fingerprint density at radius 2 is 2.27 bits per heavy atom. The minimum absolute atomic E-state index is 0.620. The summed E-state index contributed by atoms with van der Waals surface area (Å²) in [6, 6.07) is 0. The van der Waals surface area contributed by atoms with Gasteiger partial charge in [0.1, 0.15) is 11.5 Å². The van der Waals surface area contributed by atoms with Crippen molar-refractivity contribution in [2.75, 3.05) is 0 Å². The molecule has 0 saturated heterocycles. The van der Waals surface area contributed by atoms with Gasteiger partial charge in [0.15, 0.2) is 0 Å². The molecule has 78 valence electrons. The summed E-state index contributed by atoms with van der Waals surface area (Å²) in [4.78, 5) is 12.5. The smallest absolute Gasteiger partial charge is 0.201 e. The van der Waals surface area contributed by atoms with Crippen LogP contribution in [-0.4, -0.2) is 25.1 Å². The molecule has 2 rings (SSSR count). The molecule has 0 bridgehead atoms. The first-order chi connectivity index (χ1) is 7.40. The number of nitrogens with one attached hydrogen (secondary N) is 1. The van der Waals surface area contributed by atoms with Gasteiger partial charge in [-0.05, 0) is 6.42 Å². The average Bonchev–Trinajstić information content (AvgIpc) is 2.76. The second kappa shape index (κ2) is 4.63. The molecule has 5 heteroatoms. The third kappa shape index (κ3) is 2.37. The van der Waals surface area contributed by atoms with E-state index in [0.717, 1.165) is 25.1 Å². The minimum atomic E-state index is 0.620. The molecule has 2 aromatic rings. The molecular formula is C10H13N5. The fourth-order valence-electron chi connectivity index (χ4n) is 1.28. The van der Waals surface area contributed by atoms with E-state index in [1.165, 1.54) is 0 Å². The van der Waals surface area contributed by atoms with E-state index in [9.17, 15) is 0 Å². The molecule has 0 saturated carbocycles. The van der Waals surface area contributed by atoms with Crippen molar-refractivity contribution in [1.29, 1.82) is 0 Å². The fourth-order valence-corrected chi connectivity index (χ4v) is 1.28. The van der Waals surface area contributed by atoms with Crippen molar-refractivity contribution < 1.29 is 0 Å².